The molecule has 128 valence electrons. The lowest BCUT2D eigenvalue weighted by Gasteiger charge is -2.42. The predicted octanol–water partition coefficient (Wildman–Crippen LogP) is 3.24. The van der Waals surface area contributed by atoms with Crippen molar-refractivity contribution in [3.8, 4) is 0 Å². The SMILES string of the molecule is C[C@H]1[C@H](N2CN=C(Nc3nc4ccccc4o3)NC2)CCC[C@@H]1C. The molecule has 6 heteroatoms. The summed E-state index contributed by atoms with van der Waals surface area (Å²) in [6.45, 7) is 6.28. The van der Waals surface area contributed by atoms with Gasteiger partial charge in [0.25, 0.3) is 0 Å². The smallest absolute Gasteiger partial charge is 0.302 e. The van der Waals surface area contributed by atoms with E-state index in [-0.39, 0.29) is 0 Å². The van der Waals surface area contributed by atoms with Crippen LogP contribution in [0, 0.1) is 11.8 Å². The number of hydrogen-bond acceptors (Lipinski definition) is 6. The predicted molar refractivity (Wildman–Crippen MR) is 95.7 cm³/mol. The minimum Gasteiger partial charge on any atom is -0.423 e. The second kappa shape index (κ2) is 6.43. The van der Waals surface area contributed by atoms with Crippen LogP contribution in [-0.2, 0) is 0 Å². The molecule has 2 N–H and O–H groups in total. The first-order valence-corrected chi connectivity index (χ1v) is 8.85. The van der Waals surface area contributed by atoms with E-state index in [0.29, 0.717) is 12.1 Å². The first-order valence-electron chi connectivity index (χ1n) is 8.85. The second-order valence-corrected chi connectivity index (χ2v) is 7.02. The van der Waals surface area contributed by atoms with E-state index < -0.39 is 0 Å². The van der Waals surface area contributed by atoms with E-state index in [1.807, 2.05) is 24.3 Å². The molecule has 1 fully saturated rings. The third-order valence-corrected chi connectivity index (χ3v) is 5.51. The Morgan fingerprint density at radius 3 is 2.92 bits per heavy atom. The molecule has 1 aromatic heterocycles. The van der Waals surface area contributed by atoms with E-state index in [2.05, 4.69) is 39.4 Å². The van der Waals surface area contributed by atoms with E-state index in [9.17, 15) is 0 Å². The Morgan fingerprint density at radius 2 is 2.12 bits per heavy atom. The quantitative estimate of drug-likeness (QED) is 0.886. The summed E-state index contributed by atoms with van der Waals surface area (Å²) in [5.41, 5.74) is 1.63. The van der Waals surface area contributed by atoms with Gasteiger partial charge in [-0.25, -0.2) is 4.99 Å². The minimum atomic E-state index is 0.482. The van der Waals surface area contributed by atoms with Crippen molar-refractivity contribution in [3.63, 3.8) is 0 Å². The number of anilines is 1. The lowest BCUT2D eigenvalue weighted by molar-refractivity contribution is 0.0771. The zero-order valence-electron chi connectivity index (χ0n) is 14.3. The van der Waals surface area contributed by atoms with Gasteiger partial charge in [0.15, 0.2) is 5.58 Å². The lowest BCUT2D eigenvalue weighted by Crippen LogP contribution is -2.53. The van der Waals surface area contributed by atoms with E-state index in [4.69, 9.17) is 4.42 Å². The van der Waals surface area contributed by atoms with E-state index in [1.54, 1.807) is 0 Å². The molecule has 2 aromatic rings. The summed E-state index contributed by atoms with van der Waals surface area (Å²) >= 11 is 0. The Balaban J connectivity index is 1.41. The zero-order valence-corrected chi connectivity index (χ0v) is 14.3. The maximum absolute atomic E-state index is 5.69. The van der Waals surface area contributed by atoms with Crippen LogP contribution in [0.1, 0.15) is 33.1 Å². The monoisotopic (exact) mass is 327 g/mol. The van der Waals surface area contributed by atoms with E-state index >= 15 is 0 Å². The third-order valence-electron chi connectivity index (χ3n) is 5.51. The maximum atomic E-state index is 5.69. The molecule has 0 spiro atoms. The summed E-state index contributed by atoms with van der Waals surface area (Å²) in [6, 6.07) is 8.85. The molecule has 6 nitrogen and oxygen atoms in total. The Hall–Kier alpha value is -2.08. The average molecular weight is 327 g/mol. The van der Waals surface area contributed by atoms with Gasteiger partial charge in [0.1, 0.15) is 5.52 Å². The molecule has 0 bridgehead atoms. The molecule has 2 heterocycles. The summed E-state index contributed by atoms with van der Waals surface area (Å²) in [5, 5.41) is 6.51. The molecule has 1 saturated carbocycles. The molecule has 1 aromatic carbocycles. The van der Waals surface area contributed by atoms with Crippen LogP contribution in [0.15, 0.2) is 33.7 Å². The molecular formula is C18H25N5O. The number of benzene rings is 1. The van der Waals surface area contributed by atoms with Gasteiger partial charge in [0.05, 0.1) is 13.3 Å². The number of fused-ring (bicyclic) bond motifs is 1. The molecule has 0 radical (unpaired) electrons. The first kappa shape index (κ1) is 15.4. The molecule has 2 aliphatic rings. The fourth-order valence-electron chi connectivity index (χ4n) is 3.85. The topological polar surface area (TPSA) is 65.7 Å². The van der Waals surface area contributed by atoms with Crippen molar-refractivity contribution in [3.05, 3.63) is 24.3 Å². The van der Waals surface area contributed by atoms with Crippen LogP contribution < -0.4 is 10.6 Å². The average Bonchev–Trinajstić information content (AvgIpc) is 3.00. The number of rotatable bonds is 2. The fourth-order valence-corrected chi connectivity index (χ4v) is 3.85. The van der Waals surface area contributed by atoms with Crippen molar-refractivity contribution in [2.75, 3.05) is 18.7 Å². The highest BCUT2D eigenvalue weighted by Crippen LogP contribution is 2.32. The van der Waals surface area contributed by atoms with Crippen molar-refractivity contribution in [2.45, 2.75) is 39.2 Å². The van der Waals surface area contributed by atoms with Crippen LogP contribution in [-0.4, -0.2) is 35.2 Å². The molecular weight excluding hydrogens is 302 g/mol. The van der Waals surface area contributed by atoms with Crippen LogP contribution in [0.2, 0.25) is 0 Å². The van der Waals surface area contributed by atoms with Crippen LogP contribution in [0.25, 0.3) is 11.1 Å². The van der Waals surface area contributed by atoms with Gasteiger partial charge in [-0.15, -0.1) is 0 Å². The number of para-hydroxylation sites is 2. The van der Waals surface area contributed by atoms with Crippen LogP contribution in [0.4, 0.5) is 6.01 Å². The van der Waals surface area contributed by atoms with Gasteiger partial charge in [0.2, 0.25) is 5.96 Å². The molecule has 1 aliphatic carbocycles. The summed E-state index contributed by atoms with van der Waals surface area (Å²) in [4.78, 5) is 11.5. The Morgan fingerprint density at radius 1 is 1.25 bits per heavy atom. The zero-order chi connectivity index (χ0) is 16.5. The highest BCUT2D eigenvalue weighted by Gasteiger charge is 2.32. The van der Waals surface area contributed by atoms with Crippen molar-refractivity contribution < 1.29 is 4.42 Å². The van der Waals surface area contributed by atoms with E-state index in [1.165, 1.54) is 19.3 Å². The van der Waals surface area contributed by atoms with Crippen LogP contribution >= 0.6 is 0 Å². The number of hydrogen-bond donors (Lipinski definition) is 2. The fraction of sp³-hybridized carbons (Fsp3) is 0.556. The molecule has 4 rings (SSSR count). The van der Waals surface area contributed by atoms with Crippen molar-refractivity contribution in [1.29, 1.82) is 0 Å². The largest absolute Gasteiger partial charge is 0.423 e. The maximum Gasteiger partial charge on any atom is 0.302 e. The number of nitrogens with one attached hydrogen (secondary N) is 2. The second-order valence-electron chi connectivity index (χ2n) is 7.02. The van der Waals surface area contributed by atoms with Gasteiger partial charge >= 0.3 is 6.01 Å². The van der Waals surface area contributed by atoms with Crippen molar-refractivity contribution in [1.82, 2.24) is 15.2 Å². The van der Waals surface area contributed by atoms with Gasteiger partial charge in [-0.3, -0.25) is 10.2 Å². The molecule has 1 aliphatic heterocycles. The number of guanidine groups is 1. The van der Waals surface area contributed by atoms with Gasteiger partial charge in [-0.1, -0.05) is 38.8 Å². The van der Waals surface area contributed by atoms with E-state index in [0.717, 1.165) is 42.2 Å². The lowest BCUT2D eigenvalue weighted by atomic mass is 9.77. The number of oxazole rings is 1. The summed E-state index contributed by atoms with van der Waals surface area (Å²) in [7, 11) is 0. The van der Waals surface area contributed by atoms with Gasteiger partial charge in [-0.05, 0) is 30.4 Å². The molecule has 0 unspecified atom stereocenters. The summed E-state index contributed by atoms with van der Waals surface area (Å²) < 4.78 is 5.69. The van der Waals surface area contributed by atoms with Crippen molar-refractivity contribution in [2.24, 2.45) is 16.8 Å². The standard InChI is InChI=1S/C18H25N5O/c1-12-6-5-8-15(13(12)2)23-10-19-17(20-11-23)22-18-21-14-7-3-4-9-16(14)24-18/h3-4,7,9,12-13,15H,5-6,8,10-11H2,1-2H3,(H2,19,20,21,22)/t12-,13+,15+/m0/s1. The Labute approximate surface area is 142 Å². The van der Waals surface area contributed by atoms with Crippen LogP contribution in [0.5, 0.6) is 0 Å². The normalized spacial score (nSPS) is 28.4. The Bertz CT molecular complexity index is 707. The number of aromatic nitrogens is 1. The van der Waals surface area contributed by atoms with Gasteiger partial charge in [0, 0.05) is 6.04 Å². The number of aliphatic imine (C=N–C) groups is 1. The highest BCUT2D eigenvalue weighted by atomic mass is 16.4. The first-order chi connectivity index (χ1) is 11.7. The highest BCUT2D eigenvalue weighted by molar-refractivity contribution is 5.93. The molecule has 24 heavy (non-hydrogen) atoms. The Kier molecular flexibility index (Phi) is 4.14. The third kappa shape index (κ3) is 2.98. The number of nitrogens with zero attached hydrogens (tertiary/aromatic N) is 3. The molecule has 0 saturated heterocycles. The van der Waals surface area contributed by atoms with Gasteiger partial charge < -0.3 is 9.73 Å². The van der Waals surface area contributed by atoms with Gasteiger partial charge in [-0.2, -0.15) is 4.98 Å². The summed E-state index contributed by atoms with van der Waals surface area (Å²) in [5.74, 6) is 2.25. The molecule has 3 atom stereocenters. The van der Waals surface area contributed by atoms with Crippen LogP contribution in [0.3, 0.4) is 0 Å². The summed E-state index contributed by atoms with van der Waals surface area (Å²) in [6.07, 6.45) is 3.95. The molecule has 0 amide bonds. The van der Waals surface area contributed by atoms with Crippen molar-refractivity contribution >= 4 is 23.1 Å². The minimum absolute atomic E-state index is 0.482.